The summed E-state index contributed by atoms with van der Waals surface area (Å²) in [5, 5.41) is 12.3. The fraction of sp³-hybridized carbons (Fsp3) is 0.533. The Hall–Kier alpha value is -1.40. The van der Waals surface area contributed by atoms with E-state index in [0.29, 0.717) is 30.1 Å². The van der Waals surface area contributed by atoms with Crippen LogP contribution in [-0.4, -0.2) is 36.7 Å². The highest BCUT2D eigenvalue weighted by Gasteiger charge is 2.33. The molecule has 1 unspecified atom stereocenters. The largest absolute Gasteiger partial charge is 0.411 e. The number of piperidine rings is 1. The molecule has 0 saturated carbocycles. The van der Waals surface area contributed by atoms with Crippen molar-refractivity contribution in [1.82, 2.24) is 4.31 Å². The zero-order valence-electron chi connectivity index (χ0n) is 12.7. The van der Waals surface area contributed by atoms with E-state index in [1.807, 2.05) is 32.9 Å². The molecule has 1 atom stereocenters. The summed E-state index contributed by atoms with van der Waals surface area (Å²) in [7, 11) is -3.49. The van der Waals surface area contributed by atoms with Crippen molar-refractivity contribution >= 4 is 15.7 Å². The summed E-state index contributed by atoms with van der Waals surface area (Å²) in [5.41, 5.74) is 2.39. The minimum Gasteiger partial charge on any atom is -0.411 e. The topological polar surface area (TPSA) is 70.0 Å². The summed E-state index contributed by atoms with van der Waals surface area (Å²) >= 11 is 0. The summed E-state index contributed by atoms with van der Waals surface area (Å²) in [6, 6.07) is 5.47. The first-order valence-corrected chi connectivity index (χ1v) is 8.62. The molecule has 1 saturated heterocycles. The molecule has 6 heteroatoms. The molecule has 5 nitrogen and oxygen atoms in total. The molecule has 1 heterocycles. The van der Waals surface area contributed by atoms with E-state index in [1.165, 1.54) is 4.31 Å². The average Bonchev–Trinajstić information content (AvgIpc) is 2.48. The lowest BCUT2D eigenvalue weighted by molar-refractivity contribution is 0.295. The van der Waals surface area contributed by atoms with Gasteiger partial charge in [-0.25, -0.2) is 8.42 Å². The lowest BCUT2D eigenvalue weighted by Crippen LogP contribution is -2.44. The Morgan fingerprint density at radius 3 is 2.71 bits per heavy atom. The summed E-state index contributed by atoms with van der Waals surface area (Å²) in [6.07, 6.45) is 1.25. The van der Waals surface area contributed by atoms with Gasteiger partial charge in [-0.3, -0.25) is 0 Å². The van der Waals surface area contributed by atoms with E-state index in [1.54, 1.807) is 6.07 Å². The molecule has 1 aromatic rings. The van der Waals surface area contributed by atoms with Crippen LogP contribution in [0.5, 0.6) is 0 Å². The van der Waals surface area contributed by atoms with Gasteiger partial charge in [-0.1, -0.05) is 24.2 Å². The first-order chi connectivity index (χ1) is 9.90. The van der Waals surface area contributed by atoms with Crippen LogP contribution in [0.1, 0.15) is 30.9 Å². The maximum Gasteiger partial charge on any atom is 0.243 e. The van der Waals surface area contributed by atoms with Crippen LogP contribution >= 0.6 is 0 Å². The zero-order chi connectivity index (χ0) is 15.6. The predicted octanol–water partition coefficient (Wildman–Crippen LogP) is 2.55. The highest BCUT2D eigenvalue weighted by atomic mass is 32.2. The Morgan fingerprint density at radius 1 is 1.38 bits per heavy atom. The second-order valence-electron chi connectivity index (χ2n) is 5.58. The molecule has 2 rings (SSSR count). The summed E-state index contributed by atoms with van der Waals surface area (Å²) in [4.78, 5) is 0.377. The van der Waals surface area contributed by atoms with Crippen molar-refractivity contribution in [1.29, 1.82) is 0 Å². The highest BCUT2D eigenvalue weighted by molar-refractivity contribution is 7.89. The number of hydrogen-bond donors (Lipinski definition) is 1. The summed E-state index contributed by atoms with van der Waals surface area (Å²) in [6.45, 7) is 6.43. The Balaban J connectivity index is 2.34. The minimum atomic E-state index is -3.49. The Labute approximate surface area is 126 Å². The monoisotopic (exact) mass is 310 g/mol. The number of rotatable bonds is 3. The minimum absolute atomic E-state index is 0.0105. The number of oxime groups is 1. The summed E-state index contributed by atoms with van der Waals surface area (Å²) in [5.74, 6) is -0.0105. The van der Waals surface area contributed by atoms with Gasteiger partial charge in [0.2, 0.25) is 10.0 Å². The molecule has 1 aliphatic rings. The van der Waals surface area contributed by atoms with Gasteiger partial charge in [0, 0.05) is 25.4 Å². The predicted molar refractivity (Wildman–Crippen MR) is 82.3 cm³/mol. The Kier molecular flexibility index (Phi) is 4.68. The lowest BCUT2D eigenvalue weighted by atomic mass is 9.95. The van der Waals surface area contributed by atoms with Gasteiger partial charge in [0.05, 0.1) is 10.6 Å². The third-order valence-corrected chi connectivity index (χ3v) is 6.10. The van der Waals surface area contributed by atoms with Gasteiger partial charge in [0.25, 0.3) is 0 Å². The van der Waals surface area contributed by atoms with E-state index in [-0.39, 0.29) is 5.92 Å². The van der Waals surface area contributed by atoms with Gasteiger partial charge in [-0.05, 0) is 37.5 Å². The molecule has 21 heavy (non-hydrogen) atoms. The number of benzene rings is 1. The molecule has 116 valence electrons. The van der Waals surface area contributed by atoms with E-state index in [0.717, 1.165) is 17.5 Å². The molecule has 1 aliphatic heterocycles. The van der Waals surface area contributed by atoms with Gasteiger partial charge >= 0.3 is 0 Å². The van der Waals surface area contributed by atoms with Gasteiger partial charge < -0.3 is 5.21 Å². The molecule has 0 radical (unpaired) electrons. The van der Waals surface area contributed by atoms with Crippen LogP contribution in [-0.2, 0) is 10.0 Å². The third kappa shape index (κ3) is 3.11. The van der Waals surface area contributed by atoms with Crippen LogP contribution < -0.4 is 0 Å². The molecule has 1 aromatic carbocycles. The smallest absolute Gasteiger partial charge is 0.243 e. The van der Waals surface area contributed by atoms with E-state index in [4.69, 9.17) is 5.21 Å². The van der Waals surface area contributed by atoms with Gasteiger partial charge in [0.1, 0.15) is 0 Å². The van der Waals surface area contributed by atoms with E-state index >= 15 is 0 Å². The van der Waals surface area contributed by atoms with Crippen molar-refractivity contribution < 1.29 is 13.6 Å². The number of hydrogen-bond acceptors (Lipinski definition) is 4. The van der Waals surface area contributed by atoms with E-state index in [2.05, 4.69) is 5.16 Å². The van der Waals surface area contributed by atoms with Crippen LogP contribution in [0, 0.1) is 19.8 Å². The van der Waals surface area contributed by atoms with Crippen molar-refractivity contribution in [3.05, 3.63) is 29.3 Å². The lowest BCUT2D eigenvalue weighted by Gasteiger charge is -2.32. The van der Waals surface area contributed by atoms with Crippen LogP contribution in [0.15, 0.2) is 28.3 Å². The Bertz CT molecular complexity index is 653. The molecule has 0 bridgehead atoms. The molecule has 1 N–H and O–H groups in total. The van der Waals surface area contributed by atoms with Crippen molar-refractivity contribution in [2.75, 3.05) is 13.1 Å². The standard InChI is InChI=1S/C15H22N2O3S/c1-4-13-10-17(8-7-14(13)16-18)21(19,20)15-9-11(2)5-6-12(15)3/h5-6,9,13,18H,4,7-8,10H2,1-3H3/b16-14+. The quantitative estimate of drug-likeness (QED) is 0.689. The fourth-order valence-corrected chi connectivity index (χ4v) is 4.52. The molecule has 0 aliphatic carbocycles. The molecule has 0 amide bonds. The first kappa shape index (κ1) is 16.0. The zero-order valence-corrected chi connectivity index (χ0v) is 13.5. The SMILES string of the molecule is CCC1CN(S(=O)(=O)c2cc(C)ccc2C)CC/C1=N\O. The summed E-state index contributed by atoms with van der Waals surface area (Å²) < 4.78 is 27.2. The number of aryl methyl sites for hydroxylation is 2. The van der Waals surface area contributed by atoms with Crippen LogP contribution in [0.25, 0.3) is 0 Å². The van der Waals surface area contributed by atoms with Gasteiger partial charge in [-0.15, -0.1) is 0 Å². The molecule has 1 fully saturated rings. The molecule has 0 aromatic heterocycles. The highest BCUT2D eigenvalue weighted by Crippen LogP contribution is 2.26. The van der Waals surface area contributed by atoms with Crippen molar-refractivity contribution in [2.45, 2.75) is 38.5 Å². The first-order valence-electron chi connectivity index (χ1n) is 7.18. The van der Waals surface area contributed by atoms with Gasteiger partial charge in [-0.2, -0.15) is 4.31 Å². The van der Waals surface area contributed by atoms with Crippen molar-refractivity contribution in [3.8, 4) is 0 Å². The van der Waals surface area contributed by atoms with Crippen LogP contribution in [0.3, 0.4) is 0 Å². The second-order valence-corrected chi connectivity index (χ2v) is 7.48. The maximum absolute atomic E-state index is 12.8. The molecule has 0 spiro atoms. The molecular weight excluding hydrogens is 288 g/mol. The van der Waals surface area contributed by atoms with E-state index in [9.17, 15) is 8.42 Å². The van der Waals surface area contributed by atoms with Crippen molar-refractivity contribution in [3.63, 3.8) is 0 Å². The fourth-order valence-electron chi connectivity index (χ4n) is 2.72. The number of nitrogens with zero attached hydrogens (tertiary/aromatic N) is 2. The van der Waals surface area contributed by atoms with Gasteiger partial charge in [0.15, 0.2) is 0 Å². The van der Waals surface area contributed by atoms with Crippen molar-refractivity contribution in [2.24, 2.45) is 11.1 Å². The van der Waals surface area contributed by atoms with Crippen LogP contribution in [0.2, 0.25) is 0 Å². The maximum atomic E-state index is 12.8. The average molecular weight is 310 g/mol. The number of sulfonamides is 1. The van der Waals surface area contributed by atoms with Crippen LogP contribution in [0.4, 0.5) is 0 Å². The van der Waals surface area contributed by atoms with E-state index < -0.39 is 10.0 Å². The normalized spacial score (nSPS) is 22.6. The second kappa shape index (κ2) is 6.15. The Morgan fingerprint density at radius 2 is 2.10 bits per heavy atom. The third-order valence-electron chi connectivity index (χ3n) is 4.10. The molecular formula is C15H22N2O3S.